The lowest BCUT2D eigenvalue weighted by Crippen LogP contribution is -2.55. The van der Waals surface area contributed by atoms with Crippen molar-refractivity contribution < 1.29 is 14.3 Å². The van der Waals surface area contributed by atoms with E-state index in [0.717, 1.165) is 5.56 Å². The summed E-state index contributed by atoms with van der Waals surface area (Å²) in [4.78, 5) is 12.2. The van der Waals surface area contributed by atoms with E-state index < -0.39 is 0 Å². The average molecular weight is 313 g/mol. The van der Waals surface area contributed by atoms with Crippen molar-refractivity contribution in [3.05, 3.63) is 34.9 Å². The molecule has 0 spiro atoms. The van der Waals surface area contributed by atoms with Crippen LogP contribution in [0.4, 0.5) is 0 Å². The van der Waals surface area contributed by atoms with Crippen LogP contribution in [0, 0.1) is 0 Å². The molecule has 2 rings (SSSR count). The molecule has 0 radical (unpaired) electrons. The first-order chi connectivity index (χ1) is 10.1. The molecule has 0 aromatic heterocycles. The highest BCUT2D eigenvalue weighted by atomic mass is 35.5. The second-order valence-electron chi connectivity index (χ2n) is 5.03. The molecule has 1 aromatic carbocycles. The Kier molecular flexibility index (Phi) is 5.99. The maximum Gasteiger partial charge on any atom is 0.239 e. The molecule has 21 heavy (non-hydrogen) atoms. The van der Waals surface area contributed by atoms with E-state index in [9.17, 15) is 4.79 Å². The number of morpholine rings is 1. The molecule has 1 aliphatic rings. The fourth-order valence-corrected chi connectivity index (χ4v) is 2.57. The summed E-state index contributed by atoms with van der Waals surface area (Å²) in [6, 6.07) is 7.12. The zero-order valence-electron chi connectivity index (χ0n) is 12.3. The predicted molar refractivity (Wildman–Crippen MR) is 81.4 cm³/mol. The van der Waals surface area contributed by atoms with Gasteiger partial charge in [-0.1, -0.05) is 23.7 Å². The molecule has 1 heterocycles. The van der Waals surface area contributed by atoms with Gasteiger partial charge in [-0.25, -0.2) is 0 Å². The number of methoxy groups -OCH3 is 1. The number of hydrogen-bond acceptors (Lipinski definition) is 4. The molecule has 1 amide bonds. The summed E-state index contributed by atoms with van der Waals surface area (Å²) in [5.41, 5.74) is 0.936. The van der Waals surface area contributed by atoms with Crippen molar-refractivity contribution in [1.29, 1.82) is 0 Å². The van der Waals surface area contributed by atoms with Crippen molar-refractivity contribution in [2.24, 2.45) is 0 Å². The van der Waals surface area contributed by atoms with Gasteiger partial charge in [0.2, 0.25) is 5.91 Å². The van der Waals surface area contributed by atoms with Crippen LogP contribution in [0.2, 0.25) is 5.02 Å². The van der Waals surface area contributed by atoms with Crippen molar-refractivity contribution in [3.63, 3.8) is 0 Å². The highest BCUT2D eigenvalue weighted by Crippen LogP contribution is 2.19. The lowest BCUT2D eigenvalue weighted by molar-refractivity contribution is -0.129. The van der Waals surface area contributed by atoms with Crippen LogP contribution in [0.5, 0.6) is 0 Å². The number of nitrogens with one attached hydrogen (secondary N) is 2. The Morgan fingerprint density at radius 1 is 1.62 bits per heavy atom. The molecule has 1 fully saturated rings. The largest absolute Gasteiger partial charge is 0.375 e. The molecular weight excluding hydrogens is 292 g/mol. The summed E-state index contributed by atoms with van der Waals surface area (Å²) < 4.78 is 10.9. The second-order valence-corrected chi connectivity index (χ2v) is 5.47. The first kappa shape index (κ1) is 16.2. The number of ether oxygens (including phenoxy) is 2. The third-order valence-corrected chi connectivity index (χ3v) is 3.80. The lowest BCUT2D eigenvalue weighted by atomic mass is 10.1. The summed E-state index contributed by atoms with van der Waals surface area (Å²) in [6.07, 6.45) is -0.363. The third-order valence-electron chi connectivity index (χ3n) is 3.57. The van der Waals surface area contributed by atoms with Crippen LogP contribution in [0.15, 0.2) is 24.3 Å². The maximum absolute atomic E-state index is 12.2. The number of carbonyl (C=O) groups is 1. The molecule has 1 unspecified atom stereocenters. The molecule has 5 nitrogen and oxygen atoms in total. The van der Waals surface area contributed by atoms with Gasteiger partial charge in [-0.2, -0.15) is 0 Å². The van der Waals surface area contributed by atoms with E-state index >= 15 is 0 Å². The predicted octanol–water partition coefficient (Wildman–Crippen LogP) is 1.52. The number of carbonyl (C=O) groups excluding carboxylic acids is 1. The molecule has 2 N–H and O–H groups in total. The van der Waals surface area contributed by atoms with Gasteiger partial charge in [0.25, 0.3) is 0 Å². The molecule has 0 saturated carbocycles. The molecule has 116 valence electrons. The first-order valence-electron chi connectivity index (χ1n) is 7.02. The summed E-state index contributed by atoms with van der Waals surface area (Å²) in [5.74, 6) is -0.0775. The summed E-state index contributed by atoms with van der Waals surface area (Å²) in [5, 5.41) is 6.71. The minimum atomic E-state index is -0.324. The van der Waals surface area contributed by atoms with Crippen LogP contribution in [-0.4, -0.2) is 44.9 Å². The van der Waals surface area contributed by atoms with Crippen molar-refractivity contribution in [2.45, 2.75) is 25.2 Å². The average Bonchev–Trinajstić information content (AvgIpc) is 2.48. The number of hydrogen-bond donors (Lipinski definition) is 2. The van der Waals surface area contributed by atoms with Crippen LogP contribution >= 0.6 is 11.6 Å². The summed E-state index contributed by atoms with van der Waals surface area (Å²) in [6.45, 7) is 3.60. The molecule has 0 aliphatic carbocycles. The normalized spacial score (nSPS) is 23.6. The molecule has 0 bridgehead atoms. The lowest BCUT2D eigenvalue weighted by Gasteiger charge is -2.29. The SMILES string of the molecule is COC(CNC(=O)[C@H]1NCCO[C@@H]1C)c1cccc(Cl)c1. The van der Waals surface area contributed by atoms with Gasteiger partial charge < -0.3 is 20.1 Å². The van der Waals surface area contributed by atoms with Gasteiger partial charge in [-0.15, -0.1) is 0 Å². The highest BCUT2D eigenvalue weighted by Gasteiger charge is 2.28. The molecule has 1 aromatic rings. The van der Waals surface area contributed by atoms with Crippen molar-refractivity contribution in [3.8, 4) is 0 Å². The Balaban J connectivity index is 1.92. The summed E-state index contributed by atoms with van der Waals surface area (Å²) in [7, 11) is 1.61. The number of amides is 1. The zero-order chi connectivity index (χ0) is 15.2. The maximum atomic E-state index is 12.2. The monoisotopic (exact) mass is 312 g/mol. The quantitative estimate of drug-likeness (QED) is 0.865. The zero-order valence-corrected chi connectivity index (χ0v) is 13.0. The third kappa shape index (κ3) is 4.41. The van der Waals surface area contributed by atoms with Crippen LogP contribution in [0.3, 0.4) is 0 Å². The molecule has 6 heteroatoms. The molecule has 3 atom stereocenters. The Morgan fingerprint density at radius 3 is 3.10 bits per heavy atom. The highest BCUT2D eigenvalue weighted by molar-refractivity contribution is 6.30. The molecule has 1 saturated heterocycles. The van der Waals surface area contributed by atoms with Gasteiger partial charge in [-0.3, -0.25) is 4.79 Å². The number of benzene rings is 1. The fraction of sp³-hybridized carbons (Fsp3) is 0.533. The standard InChI is InChI=1S/C15H21ClN2O3/c1-10-14(17-6-7-21-10)15(19)18-9-13(20-2)11-4-3-5-12(16)8-11/h3-5,8,10,13-14,17H,6-7,9H2,1-2H3,(H,18,19)/t10-,13?,14+/m1/s1. The van der Waals surface area contributed by atoms with Gasteiger partial charge in [0.1, 0.15) is 6.04 Å². The van der Waals surface area contributed by atoms with Gasteiger partial charge in [-0.05, 0) is 24.6 Å². The van der Waals surface area contributed by atoms with Crippen molar-refractivity contribution in [1.82, 2.24) is 10.6 Å². The second kappa shape index (κ2) is 7.75. The Bertz CT molecular complexity index is 484. The minimum absolute atomic E-state index is 0.0775. The molecule has 1 aliphatic heterocycles. The first-order valence-corrected chi connectivity index (χ1v) is 7.40. The van der Waals surface area contributed by atoms with Crippen LogP contribution in [-0.2, 0) is 14.3 Å². The smallest absolute Gasteiger partial charge is 0.239 e. The van der Waals surface area contributed by atoms with Crippen LogP contribution in [0.1, 0.15) is 18.6 Å². The van der Waals surface area contributed by atoms with Gasteiger partial charge in [0.05, 0.1) is 18.8 Å². The van der Waals surface area contributed by atoms with E-state index in [4.69, 9.17) is 21.1 Å². The number of halogens is 1. The van der Waals surface area contributed by atoms with Gasteiger partial charge >= 0.3 is 0 Å². The minimum Gasteiger partial charge on any atom is -0.375 e. The van der Waals surface area contributed by atoms with E-state index in [2.05, 4.69) is 10.6 Å². The Labute approximate surface area is 130 Å². The van der Waals surface area contributed by atoms with E-state index in [0.29, 0.717) is 24.7 Å². The Morgan fingerprint density at radius 2 is 2.43 bits per heavy atom. The fourth-order valence-electron chi connectivity index (χ4n) is 2.37. The summed E-state index contributed by atoms with van der Waals surface area (Å²) >= 11 is 5.98. The van der Waals surface area contributed by atoms with E-state index in [1.165, 1.54) is 0 Å². The molecular formula is C15H21ClN2O3. The topological polar surface area (TPSA) is 59.6 Å². The van der Waals surface area contributed by atoms with Crippen LogP contribution in [0.25, 0.3) is 0 Å². The van der Waals surface area contributed by atoms with Crippen molar-refractivity contribution in [2.75, 3.05) is 26.8 Å². The van der Waals surface area contributed by atoms with Gasteiger partial charge in [0.15, 0.2) is 0 Å². The Hall–Kier alpha value is -1.14. The van der Waals surface area contributed by atoms with Crippen LogP contribution < -0.4 is 10.6 Å². The van der Waals surface area contributed by atoms with Crippen molar-refractivity contribution >= 4 is 17.5 Å². The van der Waals surface area contributed by atoms with E-state index in [-0.39, 0.29) is 24.2 Å². The number of rotatable bonds is 5. The van der Waals surface area contributed by atoms with E-state index in [1.807, 2.05) is 25.1 Å². The van der Waals surface area contributed by atoms with Gasteiger partial charge in [0, 0.05) is 25.2 Å². The van der Waals surface area contributed by atoms with E-state index in [1.54, 1.807) is 13.2 Å².